The first kappa shape index (κ1) is 12.4. The molecule has 18 heavy (non-hydrogen) atoms. The molecule has 0 aromatic carbocycles. The molecule has 3 aliphatic heterocycles. The molecule has 3 fully saturated rings. The van der Waals surface area contributed by atoms with E-state index in [1.54, 1.807) is 0 Å². The molecule has 0 aliphatic carbocycles. The summed E-state index contributed by atoms with van der Waals surface area (Å²) in [6, 6.07) is 0. The van der Waals surface area contributed by atoms with Crippen LogP contribution in [0.15, 0.2) is 0 Å². The number of nitrogens with one attached hydrogen (secondary N) is 1. The molecule has 4 nitrogen and oxygen atoms in total. The Bertz CT molecular complexity index is 337. The Morgan fingerprint density at radius 3 is 2.94 bits per heavy atom. The number of hydrogen-bond acceptors (Lipinski definition) is 3. The van der Waals surface area contributed by atoms with Crippen molar-refractivity contribution in [1.29, 1.82) is 0 Å². The molecule has 0 aromatic heterocycles. The van der Waals surface area contributed by atoms with Gasteiger partial charge in [0.05, 0.1) is 12.5 Å². The molecule has 3 aliphatic rings. The minimum absolute atomic E-state index is 0.00382. The standard InChI is InChI=1S/C14H24N2O2/c1-14(2)12-8-15-7-10(12)9-16(14)13(17)6-11-4-3-5-18-11/h10-12,15H,3-9H2,1-2H3. The van der Waals surface area contributed by atoms with Crippen molar-refractivity contribution >= 4 is 5.91 Å². The Kier molecular flexibility index (Phi) is 3.10. The zero-order valence-corrected chi connectivity index (χ0v) is 11.4. The van der Waals surface area contributed by atoms with E-state index in [4.69, 9.17) is 4.74 Å². The molecule has 3 rings (SSSR count). The second kappa shape index (κ2) is 4.49. The van der Waals surface area contributed by atoms with Gasteiger partial charge in [0.1, 0.15) is 0 Å². The van der Waals surface area contributed by atoms with E-state index in [1.165, 1.54) is 0 Å². The van der Waals surface area contributed by atoms with Crippen LogP contribution >= 0.6 is 0 Å². The van der Waals surface area contributed by atoms with E-state index in [-0.39, 0.29) is 11.6 Å². The number of ether oxygens (including phenoxy) is 1. The minimum Gasteiger partial charge on any atom is -0.378 e. The molecule has 0 radical (unpaired) electrons. The third-order valence-electron chi connectivity index (χ3n) is 5.09. The van der Waals surface area contributed by atoms with Crippen LogP contribution in [0.25, 0.3) is 0 Å². The molecular weight excluding hydrogens is 228 g/mol. The highest BCUT2D eigenvalue weighted by atomic mass is 16.5. The molecule has 0 saturated carbocycles. The third-order valence-corrected chi connectivity index (χ3v) is 5.09. The van der Waals surface area contributed by atoms with Gasteiger partial charge in [0.25, 0.3) is 0 Å². The van der Waals surface area contributed by atoms with E-state index in [0.717, 1.165) is 39.1 Å². The molecule has 3 atom stereocenters. The summed E-state index contributed by atoms with van der Waals surface area (Å²) in [6.45, 7) is 8.32. The van der Waals surface area contributed by atoms with Gasteiger partial charge >= 0.3 is 0 Å². The van der Waals surface area contributed by atoms with Crippen LogP contribution in [0.2, 0.25) is 0 Å². The first-order chi connectivity index (χ1) is 8.59. The average molecular weight is 252 g/mol. The highest BCUT2D eigenvalue weighted by Crippen LogP contribution is 2.41. The van der Waals surface area contributed by atoms with Gasteiger partial charge in [-0.2, -0.15) is 0 Å². The summed E-state index contributed by atoms with van der Waals surface area (Å²) in [7, 11) is 0. The number of fused-ring (bicyclic) bond motifs is 1. The lowest BCUT2D eigenvalue weighted by molar-refractivity contribution is -0.137. The second-order valence-corrected chi connectivity index (χ2v) is 6.52. The minimum atomic E-state index is 0.00382. The highest BCUT2D eigenvalue weighted by molar-refractivity contribution is 5.78. The van der Waals surface area contributed by atoms with E-state index in [9.17, 15) is 4.79 Å². The molecule has 3 saturated heterocycles. The molecule has 0 aromatic rings. The van der Waals surface area contributed by atoms with E-state index < -0.39 is 0 Å². The number of nitrogens with zero attached hydrogens (tertiary/aromatic N) is 1. The second-order valence-electron chi connectivity index (χ2n) is 6.52. The largest absolute Gasteiger partial charge is 0.378 e. The quantitative estimate of drug-likeness (QED) is 0.797. The van der Waals surface area contributed by atoms with Crippen molar-refractivity contribution in [3.63, 3.8) is 0 Å². The maximum atomic E-state index is 12.5. The first-order valence-corrected chi connectivity index (χ1v) is 7.22. The summed E-state index contributed by atoms with van der Waals surface area (Å²) < 4.78 is 5.59. The van der Waals surface area contributed by atoms with Crippen molar-refractivity contribution in [3.05, 3.63) is 0 Å². The van der Waals surface area contributed by atoms with Gasteiger partial charge in [-0.15, -0.1) is 0 Å². The van der Waals surface area contributed by atoms with Gasteiger partial charge in [-0.25, -0.2) is 0 Å². The van der Waals surface area contributed by atoms with Crippen LogP contribution < -0.4 is 5.32 Å². The summed E-state index contributed by atoms with van der Waals surface area (Å²) in [6.07, 6.45) is 2.91. The molecule has 102 valence electrons. The molecule has 1 N–H and O–H groups in total. The van der Waals surface area contributed by atoms with Gasteiger partial charge in [0.15, 0.2) is 0 Å². The van der Waals surface area contributed by atoms with Crippen molar-refractivity contribution in [1.82, 2.24) is 10.2 Å². The van der Waals surface area contributed by atoms with E-state index in [0.29, 0.717) is 24.2 Å². The van der Waals surface area contributed by atoms with Gasteiger partial charge in [0, 0.05) is 31.8 Å². The normalized spacial score (nSPS) is 38.1. The zero-order valence-electron chi connectivity index (χ0n) is 11.4. The maximum Gasteiger partial charge on any atom is 0.225 e. The predicted octanol–water partition coefficient (Wildman–Crippen LogP) is 1.01. The Labute approximate surface area is 109 Å². The third kappa shape index (κ3) is 1.95. The number of amides is 1. The van der Waals surface area contributed by atoms with Gasteiger partial charge in [-0.05, 0) is 38.5 Å². The molecule has 3 heterocycles. The highest BCUT2D eigenvalue weighted by Gasteiger charge is 2.51. The van der Waals surface area contributed by atoms with E-state index in [1.807, 2.05) is 0 Å². The Morgan fingerprint density at radius 2 is 2.28 bits per heavy atom. The molecule has 0 spiro atoms. The number of hydrogen-bond donors (Lipinski definition) is 1. The van der Waals surface area contributed by atoms with Crippen molar-refractivity contribution in [3.8, 4) is 0 Å². The fourth-order valence-corrected chi connectivity index (χ4v) is 3.95. The summed E-state index contributed by atoms with van der Waals surface area (Å²) in [5, 5.41) is 3.45. The van der Waals surface area contributed by atoms with Crippen molar-refractivity contribution < 1.29 is 9.53 Å². The lowest BCUT2D eigenvalue weighted by Gasteiger charge is -2.36. The molecule has 4 heteroatoms. The van der Waals surface area contributed by atoms with E-state index in [2.05, 4.69) is 24.1 Å². The van der Waals surface area contributed by atoms with Crippen LogP contribution in [0.1, 0.15) is 33.1 Å². The summed E-state index contributed by atoms with van der Waals surface area (Å²) in [4.78, 5) is 14.6. The van der Waals surface area contributed by atoms with Crippen molar-refractivity contribution in [2.75, 3.05) is 26.2 Å². The van der Waals surface area contributed by atoms with Crippen LogP contribution in [0.3, 0.4) is 0 Å². The van der Waals surface area contributed by atoms with Crippen LogP contribution in [0.4, 0.5) is 0 Å². The number of carbonyl (C=O) groups is 1. The van der Waals surface area contributed by atoms with Crippen LogP contribution in [-0.4, -0.2) is 48.7 Å². The lowest BCUT2D eigenvalue weighted by Crippen LogP contribution is -2.48. The van der Waals surface area contributed by atoms with Crippen molar-refractivity contribution in [2.24, 2.45) is 11.8 Å². The Balaban J connectivity index is 1.66. The van der Waals surface area contributed by atoms with Crippen LogP contribution in [0, 0.1) is 11.8 Å². The Hall–Kier alpha value is -0.610. The molecule has 1 amide bonds. The van der Waals surface area contributed by atoms with Gasteiger partial charge in [0.2, 0.25) is 5.91 Å². The molecular formula is C14H24N2O2. The molecule has 0 bridgehead atoms. The van der Waals surface area contributed by atoms with Crippen molar-refractivity contribution in [2.45, 2.75) is 44.8 Å². The average Bonchev–Trinajstić information content (AvgIpc) is 2.98. The van der Waals surface area contributed by atoms with Gasteiger partial charge in [-0.3, -0.25) is 4.79 Å². The summed E-state index contributed by atoms with van der Waals surface area (Å²) >= 11 is 0. The Morgan fingerprint density at radius 1 is 1.44 bits per heavy atom. The monoisotopic (exact) mass is 252 g/mol. The first-order valence-electron chi connectivity index (χ1n) is 7.22. The zero-order chi connectivity index (χ0) is 12.8. The summed E-state index contributed by atoms with van der Waals surface area (Å²) in [5.74, 6) is 1.56. The fourth-order valence-electron chi connectivity index (χ4n) is 3.95. The number of carbonyl (C=O) groups excluding carboxylic acids is 1. The van der Waals surface area contributed by atoms with Crippen LogP contribution in [0.5, 0.6) is 0 Å². The van der Waals surface area contributed by atoms with Crippen LogP contribution in [-0.2, 0) is 9.53 Å². The number of likely N-dealkylation sites (tertiary alicyclic amines) is 1. The SMILES string of the molecule is CC1(C)C2CNCC2CN1C(=O)CC1CCCO1. The molecule has 3 unspecified atom stereocenters. The van der Waals surface area contributed by atoms with E-state index >= 15 is 0 Å². The summed E-state index contributed by atoms with van der Waals surface area (Å²) in [5.41, 5.74) is 0.00382. The van der Waals surface area contributed by atoms with Gasteiger partial charge in [-0.1, -0.05) is 0 Å². The van der Waals surface area contributed by atoms with Gasteiger partial charge < -0.3 is 15.0 Å². The lowest BCUT2D eigenvalue weighted by atomic mass is 9.85. The number of rotatable bonds is 2. The fraction of sp³-hybridized carbons (Fsp3) is 0.929. The smallest absolute Gasteiger partial charge is 0.225 e. The topological polar surface area (TPSA) is 41.6 Å². The predicted molar refractivity (Wildman–Crippen MR) is 69.2 cm³/mol. The maximum absolute atomic E-state index is 12.5.